The van der Waals surface area contributed by atoms with E-state index in [1.165, 1.54) is 0 Å². The molecule has 0 heterocycles. The molecule has 102 valence electrons. The number of halogens is 4. The zero-order chi connectivity index (χ0) is 14.6. The Labute approximate surface area is 112 Å². The highest BCUT2D eigenvalue weighted by Gasteiger charge is 2.34. The second kappa shape index (κ2) is 5.93. The van der Waals surface area contributed by atoms with Gasteiger partial charge in [0.25, 0.3) is 0 Å². The molecule has 0 aliphatic rings. The lowest BCUT2D eigenvalue weighted by Gasteiger charge is -2.14. The summed E-state index contributed by atoms with van der Waals surface area (Å²) in [7, 11) is 1.12. The number of methoxy groups -OCH3 is 1. The molecule has 0 spiro atoms. The van der Waals surface area contributed by atoms with Crippen LogP contribution in [0.1, 0.15) is 22.3 Å². The van der Waals surface area contributed by atoms with Crippen molar-refractivity contribution in [1.29, 1.82) is 5.26 Å². The maximum absolute atomic E-state index is 12.8. The molecule has 0 atom stereocenters. The third kappa shape index (κ3) is 3.61. The molecule has 0 aliphatic heterocycles. The number of esters is 1. The van der Waals surface area contributed by atoms with Gasteiger partial charge in [0.2, 0.25) is 0 Å². The Morgan fingerprint density at radius 3 is 2.47 bits per heavy atom. The highest BCUT2D eigenvalue weighted by molar-refractivity contribution is 6.17. The van der Waals surface area contributed by atoms with E-state index in [2.05, 4.69) is 4.74 Å². The van der Waals surface area contributed by atoms with E-state index in [4.69, 9.17) is 16.9 Å². The van der Waals surface area contributed by atoms with Crippen LogP contribution >= 0.6 is 11.6 Å². The van der Waals surface area contributed by atoms with Gasteiger partial charge in [-0.25, -0.2) is 0 Å². The molecule has 0 aliphatic carbocycles. The number of alkyl halides is 4. The molecule has 0 bridgehead atoms. The van der Waals surface area contributed by atoms with Crippen molar-refractivity contribution >= 4 is 17.6 Å². The van der Waals surface area contributed by atoms with Crippen molar-refractivity contribution in [1.82, 2.24) is 0 Å². The smallest absolute Gasteiger partial charge is 0.416 e. The SMILES string of the molecule is COC(=O)Cc1cc(C(F)(F)F)c(CCl)cc1C#N. The van der Waals surface area contributed by atoms with Crippen molar-refractivity contribution in [3.8, 4) is 6.07 Å². The first-order valence-electron chi connectivity index (χ1n) is 5.09. The lowest BCUT2D eigenvalue weighted by Crippen LogP contribution is -2.13. The van der Waals surface area contributed by atoms with Crippen LogP contribution < -0.4 is 0 Å². The molecule has 0 amide bonds. The molecule has 0 N–H and O–H groups in total. The fourth-order valence-corrected chi connectivity index (χ4v) is 1.76. The zero-order valence-electron chi connectivity index (χ0n) is 9.84. The topological polar surface area (TPSA) is 50.1 Å². The van der Waals surface area contributed by atoms with Crippen molar-refractivity contribution in [3.05, 3.63) is 34.4 Å². The predicted molar refractivity (Wildman–Crippen MR) is 61.4 cm³/mol. The first-order valence-corrected chi connectivity index (χ1v) is 5.62. The van der Waals surface area contributed by atoms with Gasteiger partial charge in [-0.3, -0.25) is 4.79 Å². The van der Waals surface area contributed by atoms with E-state index in [9.17, 15) is 18.0 Å². The van der Waals surface area contributed by atoms with Crippen LogP contribution in [0.15, 0.2) is 12.1 Å². The summed E-state index contributed by atoms with van der Waals surface area (Å²) in [5.41, 5.74) is -1.19. The van der Waals surface area contributed by atoms with Gasteiger partial charge in [0.15, 0.2) is 0 Å². The van der Waals surface area contributed by atoms with Gasteiger partial charge < -0.3 is 4.74 Å². The van der Waals surface area contributed by atoms with Crippen molar-refractivity contribution in [2.45, 2.75) is 18.5 Å². The monoisotopic (exact) mass is 291 g/mol. The van der Waals surface area contributed by atoms with Crippen molar-refractivity contribution < 1.29 is 22.7 Å². The van der Waals surface area contributed by atoms with Gasteiger partial charge in [-0.2, -0.15) is 18.4 Å². The lowest BCUT2D eigenvalue weighted by atomic mass is 9.97. The summed E-state index contributed by atoms with van der Waals surface area (Å²) in [5.74, 6) is -1.09. The van der Waals surface area contributed by atoms with Gasteiger partial charge in [0.05, 0.1) is 30.7 Å². The summed E-state index contributed by atoms with van der Waals surface area (Å²) < 4.78 is 42.8. The van der Waals surface area contributed by atoms with Gasteiger partial charge in [-0.1, -0.05) is 0 Å². The van der Waals surface area contributed by atoms with Crippen molar-refractivity contribution in [2.75, 3.05) is 7.11 Å². The maximum atomic E-state index is 12.8. The molecule has 1 aromatic rings. The van der Waals surface area contributed by atoms with Crippen molar-refractivity contribution in [2.24, 2.45) is 0 Å². The average molecular weight is 292 g/mol. The van der Waals surface area contributed by atoms with E-state index in [0.29, 0.717) is 0 Å². The first kappa shape index (κ1) is 15.3. The standard InChI is InChI=1S/C12H9ClF3NO2/c1-19-11(18)4-7-3-10(12(14,15)16)8(5-13)2-9(7)6-17/h2-3H,4-5H2,1H3. The third-order valence-corrected chi connectivity index (χ3v) is 2.75. The van der Waals surface area contributed by atoms with E-state index < -0.39 is 24.1 Å². The Kier molecular flexibility index (Phi) is 4.78. The summed E-state index contributed by atoms with van der Waals surface area (Å²) in [6, 6.07) is 3.57. The van der Waals surface area contributed by atoms with Crippen LogP contribution in [0.2, 0.25) is 0 Å². The first-order chi connectivity index (χ1) is 8.83. The molecule has 0 aromatic heterocycles. The van der Waals surface area contributed by atoms with Crippen molar-refractivity contribution in [3.63, 3.8) is 0 Å². The van der Waals surface area contributed by atoms with Crippen LogP contribution in [0.25, 0.3) is 0 Å². The quantitative estimate of drug-likeness (QED) is 0.635. The van der Waals surface area contributed by atoms with Crippen LogP contribution in [0.3, 0.4) is 0 Å². The van der Waals surface area contributed by atoms with E-state index >= 15 is 0 Å². The Hall–Kier alpha value is -1.74. The van der Waals surface area contributed by atoms with Gasteiger partial charge in [-0.15, -0.1) is 11.6 Å². The average Bonchev–Trinajstić information content (AvgIpc) is 2.36. The number of ether oxygens (including phenoxy) is 1. The molecule has 19 heavy (non-hydrogen) atoms. The Balaban J connectivity index is 3.39. The number of hydrogen-bond acceptors (Lipinski definition) is 3. The molecule has 7 heteroatoms. The fourth-order valence-electron chi connectivity index (χ4n) is 1.54. The molecular weight excluding hydrogens is 283 g/mol. The number of hydrogen-bond donors (Lipinski definition) is 0. The lowest BCUT2D eigenvalue weighted by molar-refractivity contribution is -0.140. The molecule has 3 nitrogen and oxygen atoms in total. The third-order valence-electron chi connectivity index (χ3n) is 2.46. The minimum Gasteiger partial charge on any atom is -0.469 e. The summed E-state index contributed by atoms with van der Waals surface area (Å²) in [6.45, 7) is 0. The normalized spacial score (nSPS) is 10.9. The molecule has 0 fully saturated rings. The molecule has 0 saturated heterocycles. The highest BCUT2D eigenvalue weighted by Crippen LogP contribution is 2.34. The maximum Gasteiger partial charge on any atom is 0.416 e. The fraction of sp³-hybridized carbons (Fsp3) is 0.333. The number of nitriles is 1. The molecular formula is C12H9ClF3NO2. The van der Waals surface area contributed by atoms with E-state index in [1.807, 2.05) is 0 Å². The zero-order valence-corrected chi connectivity index (χ0v) is 10.6. The van der Waals surface area contributed by atoms with Crippen LogP contribution in [-0.4, -0.2) is 13.1 Å². The summed E-state index contributed by atoms with van der Waals surface area (Å²) in [5, 5.41) is 8.89. The second-order valence-electron chi connectivity index (χ2n) is 3.66. The van der Waals surface area contributed by atoms with Crippen LogP contribution in [0.4, 0.5) is 13.2 Å². The molecule has 1 rings (SSSR count). The molecule has 0 radical (unpaired) electrons. The molecule has 0 unspecified atom stereocenters. The summed E-state index contributed by atoms with van der Waals surface area (Å²) in [4.78, 5) is 11.1. The van der Waals surface area contributed by atoms with Gasteiger partial charge in [0, 0.05) is 5.88 Å². The molecule has 0 saturated carbocycles. The number of benzene rings is 1. The Morgan fingerprint density at radius 1 is 1.42 bits per heavy atom. The van der Waals surface area contributed by atoms with E-state index in [-0.39, 0.29) is 22.6 Å². The second-order valence-corrected chi connectivity index (χ2v) is 3.93. The predicted octanol–water partition coefficient (Wildman–Crippen LogP) is 3.03. The largest absolute Gasteiger partial charge is 0.469 e. The van der Waals surface area contributed by atoms with E-state index in [0.717, 1.165) is 19.2 Å². The van der Waals surface area contributed by atoms with E-state index in [1.54, 1.807) is 6.07 Å². The van der Waals surface area contributed by atoms with Gasteiger partial charge in [-0.05, 0) is 23.3 Å². The minimum atomic E-state index is -4.59. The Bertz CT molecular complexity index is 535. The minimum absolute atomic E-state index is 0.0194. The molecule has 1 aromatic carbocycles. The highest BCUT2D eigenvalue weighted by atomic mass is 35.5. The van der Waals surface area contributed by atoms with Crippen LogP contribution in [0, 0.1) is 11.3 Å². The van der Waals surface area contributed by atoms with Crippen LogP contribution in [0.5, 0.6) is 0 Å². The summed E-state index contributed by atoms with van der Waals surface area (Å²) in [6.07, 6.45) is -4.99. The van der Waals surface area contributed by atoms with Gasteiger partial charge >= 0.3 is 12.1 Å². The number of rotatable bonds is 3. The van der Waals surface area contributed by atoms with Crippen LogP contribution in [-0.2, 0) is 28.0 Å². The number of carbonyl (C=O) groups excluding carboxylic acids is 1. The number of carbonyl (C=O) groups is 1. The number of nitrogens with zero attached hydrogens (tertiary/aromatic N) is 1. The Morgan fingerprint density at radius 2 is 2.05 bits per heavy atom. The van der Waals surface area contributed by atoms with Gasteiger partial charge in [0.1, 0.15) is 0 Å². The summed E-state index contributed by atoms with van der Waals surface area (Å²) >= 11 is 5.45.